The van der Waals surface area contributed by atoms with Crippen molar-refractivity contribution in [1.82, 2.24) is 10.2 Å². The zero-order valence-electron chi connectivity index (χ0n) is 18.0. The van der Waals surface area contributed by atoms with Crippen LogP contribution in [0.25, 0.3) is 6.08 Å². The molecule has 0 bridgehead atoms. The van der Waals surface area contributed by atoms with Gasteiger partial charge in [-0.3, -0.25) is 9.69 Å². The molecule has 3 rings (SSSR count). The highest BCUT2D eigenvalue weighted by Crippen LogP contribution is 2.43. The number of carbonyl (C=O) groups excluding carboxylic acids is 3. The molecular formula is C21H18BrClN2O9. The molecule has 2 N–H and O–H groups in total. The van der Waals surface area contributed by atoms with Crippen LogP contribution in [0, 0.1) is 0 Å². The molecule has 1 atom stereocenters. The topological polar surface area (TPSA) is 145 Å². The number of urea groups is 1. The van der Waals surface area contributed by atoms with Gasteiger partial charge in [0.2, 0.25) is 5.76 Å². The molecule has 34 heavy (non-hydrogen) atoms. The average molecular weight is 558 g/mol. The van der Waals surface area contributed by atoms with Gasteiger partial charge in [0.1, 0.15) is 16.5 Å². The summed E-state index contributed by atoms with van der Waals surface area (Å²) < 4.78 is 20.8. The molecule has 1 aromatic carbocycles. The lowest BCUT2D eigenvalue weighted by Gasteiger charge is -2.17. The van der Waals surface area contributed by atoms with Gasteiger partial charge in [-0.15, -0.1) is 0 Å². The first-order valence-electron chi connectivity index (χ1n) is 9.54. The number of carboxylic acids is 1. The van der Waals surface area contributed by atoms with Crippen LogP contribution in [0.5, 0.6) is 11.5 Å². The van der Waals surface area contributed by atoms with Crippen molar-refractivity contribution >= 4 is 57.5 Å². The van der Waals surface area contributed by atoms with Crippen molar-refractivity contribution in [3.05, 3.63) is 50.5 Å². The summed E-state index contributed by atoms with van der Waals surface area (Å²) in [6.07, 6.45) is 0.165. The van der Waals surface area contributed by atoms with E-state index in [0.717, 1.165) is 4.90 Å². The lowest BCUT2D eigenvalue weighted by Crippen LogP contribution is -2.30. The van der Waals surface area contributed by atoms with Crippen LogP contribution in [0.4, 0.5) is 4.79 Å². The Labute approximate surface area is 206 Å². The van der Waals surface area contributed by atoms with E-state index >= 15 is 0 Å². The Hall–Kier alpha value is -3.51. The molecule has 180 valence electrons. The Balaban J connectivity index is 1.88. The number of esters is 1. The second-order valence-electron chi connectivity index (χ2n) is 6.86. The molecule has 1 saturated heterocycles. The molecule has 1 aliphatic heterocycles. The van der Waals surface area contributed by atoms with Gasteiger partial charge in [-0.05, 0) is 52.7 Å². The van der Waals surface area contributed by atoms with Gasteiger partial charge in [-0.25, -0.2) is 14.4 Å². The predicted molar refractivity (Wildman–Crippen MR) is 121 cm³/mol. The number of carboxylic acid groups (broad SMARTS) is 1. The van der Waals surface area contributed by atoms with Gasteiger partial charge in [0.15, 0.2) is 17.6 Å². The number of furan rings is 1. The molecule has 2 aromatic rings. The van der Waals surface area contributed by atoms with Gasteiger partial charge in [0.05, 0.1) is 20.8 Å². The number of benzene rings is 1. The molecule has 0 saturated carbocycles. The Morgan fingerprint density at radius 3 is 2.65 bits per heavy atom. The van der Waals surface area contributed by atoms with E-state index in [1.54, 1.807) is 0 Å². The van der Waals surface area contributed by atoms with Crippen LogP contribution in [0.3, 0.4) is 0 Å². The zero-order valence-corrected chi connectivity index (χ0v) is 20.4. The fourth-order valence-electron chi connectivity index (χ4n) is 2.90. The van der Waals surface area contributed by atoms with Gasteiger partial charge in [0.25, 0.3) is 5.91 Å². The third-order valence-electron chi connectivity index (χ3n) is 4.64. The molecule has 11 nitrogen and oxygen atoms in total. The van der Waals surface area contributed by atoms with Crippen molar-refractivity contribution in [1.29, 1.82) is 0 Å². The molecule has 1 aliphatic rings. The molecular weight excluding hydrogens is 540 g/mol. The number of methoxy groups -OCH3 is 2. The zero-order chi connectivity index (χ0) is 25.2. The number of rotatable bonds is 8. The highest BCUT2D eigenvalue weighted by molar-refractivity contribution is 9.10. The van der Waals surface area contributed by atoms with Gasteiger partial charge in [-0.2, -0.15) is 0 Å². The Kier molecular flexibility index (Phi) is 7.52. The maximum atomic E-state index is 12.8. The molecule has 13 heteroatoms. The first-order valence-corrected chi connectivity index (χ1v) is 10.7. The van der Waals surface area contributed by atoms with Crippen LogP contribution in [0.1, 0.15) is 28.8 Å². The summed E-state index contributed by atoms with van der Waals surface area (Å²) in [7, 11) is 2.54. The summed E-state index contributed by atoms with van der Waals surface area (Å²) in [6, 6.07) is 3.59. The van der Waals surface area contributed by atoms with E-state index in [1.165, 1.54) is 45.4 Å². The van der Waals surface area contributed by atoms with Gasteiger partial charge in [-0.1, -0.05) is 11.6 Å². The van der Waals surface area contributed by atoms with Crippen molar-refractivity contribution in [2.45, 2.75) is 19.6 Å². The second-order valence-corrected chi connectivity index (χ2v) is 8.03. The van der Waals surface area contributed by atoms with E-state index in [9.17, 15) is 19.2 Å². The monoisotopic (exact) mass is 556 g/mol. The maximum Gasteiger partial charge on any atom is 0.373 e. The van der Waals surface area contributed by atoms with Crippen molar-refractivity contribution in [3.63, 3.8) is 0 Å². The number of amides is 3. The van der Waals surface area contributed by atoms with E-state index in [1.807, 2.05) is 0 Å². The van der Waals surface area contributed by atoms with E-state index in [-0.39, 0.29) is 44.8 Å². The largest absolute Gasteiger partial charge is 0.493 e. The molecule has 0 radical (unpaired) electrons. The summed E-state index contributed by atoms with van der Waals surface area (Å²) in [5, 5.41) is 11.6. The lowest BCUT2D eigenvalue weighted by molar-refractivity contribution is -0.144. The third kappa shape index (κ3) is 5.02. The first kappa shape index (κ1) is 25.1. The number of nitrogens with one attached hydrogen (secondary N) is 1. The molecule has 3 amide bonds. The Morgan fingerprint density at radius 1 is 1.32 bits per heavy atom. The quantitative estimate of drug-likeness (QED) is 0.283. The number of aliphatic carboxylic acids is 1. The fourth-order valence-corrected chi connectivity index (χ4v) is 3.55. The van der Waals surface area contributed by atoms with Crippen LogP contribution >= 0.6 is 27.5 Å². The molecule has 2 heterocycles. The number of hydrogen-bond donors (Lipinski definition) is 2. The number of nitrogens with zero attached hydrogens (tertiary/aromatic N) is 1. The van der Waals surface area contributed by atoms with Gasteiger partial charge >= 0.3 is 18.0 Å². The molecule has 0 aliphatic carbocycles. The van der Waals surface area contributed by atoms with E-state index < -0.39 is 30.0 Å². The van der Waals surface area contributed by atoms with Crippen LogP contribution in [-0.4, -0.2) is 54.2 Å². The predicted octanol–water partition coefficient (Wildman–Crippen LogP) is 3.44. The Bertz CT molecular complexity index is 1210. The minimum atomic E-state index is -1.20. The van der Waals surface area contributed by atoms with Crippen LogP contribution < -0.4 is 14.8 Å². The standard InChI is InChI=1S/C21H18BrClN2O9/c1-9(19(27)28)33-17-14(31-2)7-10(15(22)16(17)23)6-12-18(26)25(21(30)24-12)8-11-4-5-13(34-11)20(29)32-3/h4-7,9H,8H2,1-3H3,(H,24,30)(H,27,28)/b12-6-/t9-/m1/s1. The van der Waals surface area contributed by atoms with Crippen molar-refractivity contribution in [2.75, 3.05) is 14.2 Å². The van der Waals surface area contributed by atoms with E-state index in [0.29, 0.717) is 5.56 Å². The minimum absolute atomic E-state index is 0.00395. The molecule has 0 unspecified atom stereocenters. The van der Waals surface area contributed by atoms with Crippen molar-refractivity contribution < 1.29 is 42.9 Å². The lowest BCUT2D eigenvalue weighted by atomic mass is 10.1. The number of hydrogen-bond acceptors (Lipinski definition) is 8. The summed E-state index contributed by atoms with van der Waals surface area (Å²) in [4.78, 5) is 48.8. The molecule has 0 spiro atoms. The maximum absolute atomic E-state index is 12.8. The summed E-state index contributed by atoms with van der Waals surface area (Å²) in [5.74, 6) is -2.29. The number of carbonyl (C=O) groups is 4. The first-order chi connectivity index (χ1) is 16.1. The highest BCUT2D eigenvalue weighted by atomic mass is 79.9. The average Bonchev–Trinajstić information content (AvgIpc) is 3.38. The van der Waals surface area contributed by atoms with E-state index in [2.05, 4.69) is 26.0 Å². The summed E-state index contributed by atoms with van der Waals surface area (Å²) in [6.45, 7) is 1.11. The van der Waals surface area contributed by atoms with Crippen LogP contribution in [0.15, 0.2) is 32.8 Å². The van der Waals surface area contributed by atoms with Crippen molar-refractivity contribution in [3.8, 4) is 11.5 Å². The second kappa shape index (κ2) is 10.2. The van der Waals surface area contributed by atoms with Crippen LogP contribution in [-0.2, 0) is 20.9 Å². The SMILES string of the molecule is COC(=O)c1ccc(CN2C(=O)N/C(=C\c3cc(OC)c(O[C@H](C)C(=O)O)c(Cl)c3Br)C2=O)o1. The van der Waals surface area contributed by atoms with E-state index in [4.69, 9.17) is 30.6 Å². The number of ether oxygens (including phenoxy) is 3. The smallest absolute Gasteiger partial charge is 0.373 e. The highest BCUT2D eigenvalue weighted by Gasteiger charge is 2.35. The van der Waals surface area contributed by atoms with Crippen LogP contribution in [0.2, 0.25) is 5.02 Å². The van der Waals surface area contributed by atoms with Gasteiger partial charge in [0, 0.05) is 4.47 Å². The fraction of sp³-hybridized carbons (Fsp3) is 0.238. The van der Waals surface area contributed by atoms with Crippen molar-refractivity contribution in [2.24, 2.45) is 0 Å². The molecule has 1 fully saturated rings. The number of halogens is 2. The Morgan fingerprint density at radius 2 is 2.03 bits per heavy atom. The summed E-state index contributed by atoms with van der Waals surface area (Å²) in [5.41, 5.74) is 0.296. The number of imide groups is 1. The van der Waals surface area contributed by atoms with Gasteiger partial charge < -0.3 is 29.1 Å². The third-order valence-corrected chi connectivity index (χ3v) is 6.09. The normalized spacial score (nSPS) is 15.3. The summed E-state index contributed by atoms with van der Waals surface area (Å²) >= 11 is 9.65. The molecule has 1 aromatic heterocycles. The minimum Gasteiger partial charge on any atom is -0.493 e.